The van der Waals surface area contributed by atoms with Crippen molar-refractivity contribution in [2.45, 2.75) is 85.4 Å². The first-order chi connectivity index (χ1) is 15.5. The van der Waals surface area contributed by atoms with Gasteiger partial charge in [-0.15, -0.1) is 0 Å². The minimum atomic E-state index is -0.293. The van der Waals surface area contributed by atoms with Crippen LogP contribution >= 0.6 is 0 Å². The van der Waals surface area contributed by atoms with Crippen LogP contribution in [0.3, 0.4) is 0 Å². The average molecular weight is 452 g/mol. The molecule has 0 radical (unpaired) electrons. The van der Waals surface area contributed by atoms with E-state index in [9.17, 15) is 9.90 Å². The topological polar surface area (TPSA) is 57.5 Å². The van der Waals surface area contributed by atoms with Crippen LogP contribution in [0.1, 0.15) is 71.4 Å². The number of carbonyl (C=O) groups excluding carboxylic acids is 1. The zero-order chi connectivity index (χ0) is 24.1. The fraction of sp³-hybridized carbons (Fsp3) is 0.607. The number of aliphatic hydroxyl groups excluding tert-OH is 1. The molecule has 2 aliphatic heterocycles. The number of amides is 1. The molecule has 0 saturated heterocycles. The van der Waals surface area contributed by atoms with Crippen molar-refractivity contribution in [2.75, 3.05) is 18.6 Å². The van der Waals surface area contributed by atoms with Crippen LogP contribution in [-0.4, -0.2) is 41.3 Å². The summed E-state index contributed by atoms with van der Waals surface area (Å²) in [5.41, 5.74) is 6.61. The van der Waals surface area contributed by atoms with E-state index in [1.54, 1.807) is 0 Å². The molecule has 2 N–H and O–H groups in total. The van der Waals surface area contributed by atoms with Gasteiger partial charge in [0.2, 0.25) is 5.91 Å². The van der Waals surface area contributed by atoms with E-state index in [1.807, 2.05) is 7.05 Å². The van der Waals surface area contributed by atoms with Gasteiger partial charge in [-0.25, -0.2) is 0 Å². The Hall–Kier alpha value is -2.27. The molecule has 2 aliphatic rings. The summed E-state index contributed by atoms with van der Waals surface area (Å²) in [6.07, 6.45) is 7.50. The first-order valence-electron chi connectivity index (χ1n) is 12.5. The maximum atomic E-state index is 13.2. The van der Waals surface area contributed by atoms with Crippen molar-refractivity contribution >= 4 is 22.5 Å². The summed E-state index contributed by atoms with van der Waals surface area (Å²) in [6, 6.07) is 3.98. The molecule has 0 fully saturated rings. The number of rotatable bonds is 2. The molecular weight excluding hydrogens is 410 g/mol. The molecule has 0 spiro atoms. The first-order valence-corrected chi connectivity index (χ1v) is 12.5. The lowest BCUT2D eigenvalue weighted by Gasteiger charge is -2.35. The summed E-state index contributed by atoms with van der Waals surface area (Å²) in [5.74, 6) is 0.565. The van der Waals surface area contributed by atoms with E-state index in [0.29, 0.717) is 12.3 Å². The Bertz CT molecular complexity index is 1070. The number of aliphatic hydroxyl groups is 1. The minimum absolute atomic E-state index is 0.00847. The summed E-state index contributed by atoms with van der Waals surface area (Å²) in [6.45, 7) is 14.3. The molecule has 5 nitrogen and oxygen atoms in total. The summed E-state index contributed by atoms with van der Waals surface area (Å²) in [4.78, 5) is 15.4. The van der Waals surface area contributed by atoms with Gasteiger partial charge in [0.05, 0.1) is 18.2 Å². The highest BCUT2D eigenvalue weighted by molar-refractivity contribution is 6.00. The second-order valence-corrected chi connectivity index (χ2v) is 11.6. The van der Waals surface area contributed by atoms with E-state index in [-0.39, 0.29) is 35.9 Å². The van der Waals surface area contributed by atoms with E-state index in [4.69, 9.17) is 0 Å². The molecule has 1 amide bonds. The first kappa shape index (κ1) is 23.9. The number of nitrogens with zero attached hydrogens (tertiary/aromatic N) is 2. The number of anilines is 1. The van der Waals surface area contributed by atoms with E-state index >= 15 is 0 Å². The molecule has 1 aromatic carbocycles. The number of hydrogen-bond acceptors (Lipinski definition) is 3. The SMILES string of the molecule is CC1=CCn2cc3c4c(ccc(c42)C(C(C)(C)C)CC1)N(C)C(C(C)C)C(=O)NC(CO)C3. The monoisotopic (exact) mass is 451 g/mol. The third-order valence-electron chi connectivity index (χ3n) is 7.72. The minimum Gasteiger partial charge on any atom is -0.394 e. The molecular formula is C28H41N3O2. The van der Waals surface area contributed by atoms with Crippen molar-refractivity contribution in [2.24, 2.45) is 11.3 Å². The molecule has 5 heteroatoms. The van der Waals surface area contributed by atoms with Gasteiger partial charge in [0, 0.05) is 30.9 Å². The summed E-state index contributed by atoms with van der Waals surface area (Å²) in [7, 11) is 2.04. The number of hydrogen-bond donors (Lipinski definition) is 2. The Morgan fingerprint density at radius 1 is 1.24 bits per heavy atom. The van der Waals surface area contributed by atoms with E-state index < -0.39 is 0 Å². The number of nitrogens with one attached hydrogen (secondary N) is 1. The van der Waals surface area contributed by atoms with Crippen molar-refractivity contribution in [3.8, 4) is 0 Å². The van der Waals surface area contributed by atoms with Gasteiger partial charge in [-0.2, -0.15) is 0 Å². The highest BCUT2D eigenvalue weighted by atomic mass is 16.3. The maximum absolute atomic E-state index is 13.2. The fourth-order valence-corrected chi connectivity index (χ4v) is 5.99. The van der Waals surface area contributed by atoms with Gasteiger partial charge in [0.1, 0.15) is 6.04 Å². The van der Waals surface area contributed by atoms with Gasteiger partial charge in [-0.1, -0.05) is 52.3 Å². The lowest BCUT2D eigenvalue weighted by molar-refractivity contribution is -0.124. The highest BCUT2D eigenvalue weighted by Crippen LogP contribution is 2.46. The lowest BCUT2D eigenvalue weighted by atomic mass is 9.73. The number of allylic oxidation sites excluding steroid dienone is 2. The Morgan fingerprint density at radius 3 is 2.61 bits per heavy atom. The number of benzene rings is 1. The standard InChI is InChI=1S/C28H41N3O2/c1-17(2)25-27(33)29-20(16-32)14-19-15-31-13-12-18(3)8-10-22(28(4,5)6)21-9-11-23(30(25)7)24(19)26(21)31/h9,11-12,15,17,20,22,25,32H,8,10,13-14,16H2,1-7H3,(H,29,33). The van der Waals surface area contributed by atoms with Gasteiger partial charge in [-0.05, 0) is 60.6 Å². The summed E-state index contributed by atoms with van der Waals surface area (Å²) >= 11 is 0. The smallest absolute Gasteiger partial charge is 0.243 e. The Balaban J connectivity index is 2.04. The Kier molecular flexibility index (Phi) is 6.38. The van der Waals surface area contributed by atoms with Crippen molar-refractivity contribution in [1.29, 1.82) is 0 Å². The Morgan fingerprint density at radius 2 is 1.97 bits per heavy atom. The molecule has 0 saturated carbocycles. The van der Waals surface area contributed by atoms with Gasteiger partial charge in [0.15, 0.2) is 0 Å². The molecule has 180 valence electrons. The maximum Gasteiger partial charge on any atom is 0.243 e. The third kappa shape index (κ3) is 4.32. The van der Waals surface area contributed by atoms with Gasteiger partial charge >= 0.3 is 0 Å². The van der Waals surface area contributed by atoms with Crippen LogP contribution in [0.2, 0.25) is 0 Å². The predicted octanol–water partition coefficient (Wildman–Crippen LogP) is 5.01. The van der Waals surface area contributed by atoms with Crippen LogP contribution < -0.4 is 10.2 Å². The molecule has 0 aliphatic carbocycles. The molecule has 3 unspecified atom stereocenters. The van der Waals surface area contributed by atoms with Crippen molar-refractivity contribution in [3.05, 3.63) is 41.1 Å². The van der Waals surface area contributed by atoms with Crippen LogP contribution in [0.4, 0.5) is 5.69 Å². The van der Waals surface area contributed by atoms with Gasteiger partial charge < -0.3 is 19.9 Å². The molecule has 3 atom stereocenters. The summed E-state index contributed by atoms with van der Waals surface area (Å²) in [5, 5.41) is 14.5. The van der Waals surface area contributed by atoms with Crippen molar-refractivity contribution in [1.82, 2.24) is 9.88 Å². The molecule has 4 rings (SSSR count). The fourth-order valence-electron chi connectivity index (χ4n) is 5.99. The van der Waals surface area contributed by atoms with Gasteiger partial charge in [-0.3, -0.25) is 4.79 Å². The highest BCUT2D eigenvalue weighted by Gasteiger charge is 2.35. The number of aromatic nitrogens is 1. The van der Waals surface area contributed by atoms with Crippen LogP contribution in [0, 0.1) is 11.3 Å². The number of carbonyl (C=O) groups is 1. The molecule has 0 bridgehead atoms. The number of likely N-dealkylation sites (N-methyl/N-ethyl adjacent to an activating group) is 1. The largest absolute Gasteiger partial charge is 0.394 e. The Labute approximate surface area is 198 Å². The predicted molar refractivity (Wildman–Crippen MR) is 137 cm³/mol. The zero-order valence-electron chi connectivity index (χ0n) is 21.4. The molecule has 3 heterocycles. The van der Waals surface area contributed by atoms with Gasteiger partial charge in [0.25, 0.3) is 0 Å². The van der Waals surface area contributed by atoms with Crippen LogP contribution in [0.5, 0.6) is 0 Å². The van der Waals surface area contributed by atoms with Crippen LogP contribution in [0.15, 0.2) is 30.0 Å². The van der Waals surface area contributed by atoms with E-state index in [1.165, 1.54) is 27.6 Å². The van der Waals surface area contributed by atoms with Crippen molar-refractivity contribution < 1.29 is 9.90 Å². The normalized spacial score (nSPS) is 24.4. The van der Waals surface area contributed by atoms with Crippen LogP contribution in [0.25, 0.3) is 10.9 Å². The molecule has 2 aromatic rings. The lowest BCUT2D eigenvalue weighted by Crippen LogP contribution is -2.52. The van der Waals surface area contributed by atoms with E-state index in [0.717, 1.165) is 25.1 Å². The second-order valence-electron chi connectivity index (χ2n) is 11.6. The molecule has 1 aromatic heterocycles. The zero-order valence-corrected chi connectivity index (χ0v) is 21.4. The molecule has 33 heavy (non-hydrogen) atoms. The quantitative estimate of drug-likeness (QED) is 0.632. The van der Waals surface area contributed by atoms with E-state index in [2.05, 4.69) is 80.7 Å². The summed E-state index contributed by atoms with van der Waals surface area (Å²) < 4.78 is 2.41. The van der Waals surface area contributed by atoms with Crippen LogP contribution in [-0.2, 0) is 17.8 Å². The second kappa shape index (κ2) is 8.83. The third-order valence-corrected chi connectivity index (χ3v) is 7.72. The van der Waals surface area contributed by atoms with Crippen molar-refractivity contribution in [3.63, 3.8) is 0 Å². The average Bonchev–Trinajstić information content (AvgIpc) is 3.11.